The smallest absolute Gasteiger partial charge is 0.417 e. The molecule has 4 rings (SSSR count). The molecule has 1 aliphatic rings. The minimum absolute atomic E-state index is 0.0336. The molecule has 0 unspecified atom stereocenters. The Hall–Kier alpha value is -2.90. The summed E-state index contributed by atoms with van der Waals surface area (Å²) in [6.07, 6.45) is -2.29. The van der Waals surface area contributed by atoms with Gasteiger partial charge in [-0.2, -0.15) is 18.3 Å². The van der Waals surface area contributed by atoms with E-state index < -0.39 is 24.3 Å². The number of carboxylic acid groups (broad SMARTS) is 1. The van der Waals surface area contributed by atoms with E-state index in [0.29, 0.717) is 11.3 Å². The summed E-state index contributed by atoms with van der Waals surface area (Å²) in [5.41, 5.74) is 1.20. The van der Waals surface area contributed by atoms with E-state index in [4.69, 9.17) is 5.11 Å². The molecule has 2 aromatic heterocycles. The summed E-state index contributed by atoms with van der Waals surface area (Å²) in [6, 6.07) is 8.19. The van der Waals surface area contributed by atoms with Crippen molar-refractivity contribution in [1.82, 2.24) is 14.8 Å². The van der Waals surface area contributed by atoms with E-state index in [1.807, 2.05) is 19.1 Å². The number of benzene rings is 1. The second kappa shape index (κ2) is 6.61. The lowest BCUT2D eigenvalue weighted by molar-refractivity contribution is -0.138. The van der Waals surface area contributed by atoms with Crippen LogP contribution in [0.15, 0.2) is 30.3 Å². The highest BCUT2D eigenvalue weighted by molar-refractivity contribution is 5.87. The summed E-state index contributed by atoms with van der Waals surface area (Å²) >= 11 is 0. The molecule has 5 nitrogen and oxygen atoms in total. The van der Waals surface area contributed by atoms with Gasteiger partial charge in [-0.05, 0) is 30.9 Å². The minimum Gasteiger partial charge on any atom is -0.480 e. The molecule has 146 valence electrons. The third-order valence-electron chi connectivity index (χ3n) is 4.94. The van der Waals surface area contributed by atoms with Crippen LogP contribution in [-0.4, -0.2) is 25.8 Å². The predicted octanol–water partition coefficient (Wildman–Crippen LogP) is 4.64. The second-order valence-electron chi connectivity index (χ2n) is 7.01. The van der Waals surface area contributed by atoms with Crippen LogP contribution in [0.1, 0.15) is 42.5 Å². The van der Waals surface area contributed by atoms with Crippen molar-refractivity contribution in [3.63, 3.8) is 0 Å². The lowest BCUT2D eigenvalue weighted by Gasteiger charge is -2.12. The molecular weight excluding hydrogens is 371 g/mol. The first-order valence-corrected chi connectivity index (χ1v) is 9.07. The number of alkyl halides is 3. The van der Waals surface area contributed by atoms with Crippen LogP contribution < -0.4 is 0 Å². The van der Waals surface area contributed by atoms with E-state index in [0.717, 1.165) is 35.6 Å². The van der Waals surface area contributed by atoms with Crippen LogP contribution in [-0.2, 0) is 23.9 Å². The molecule has 0 radical (unpaired) electrons. The number of carboxylic acids is 1. The molecule has 0 amide bonds. The molecule has 0 saturated heterocycles. The summed E-state index contributed by atoms with van der Waals surface area (Å²) in [5.74, 6) is -1.25. The summed E-state index contributed by atoms with van der Waals surface area (Å²) in [5, 5.41) is 13.3. The van der Waals surface area contributed by atoms with Crippen LogP contribution in [0.25, 0.3) is 22.3 Å². The van der Waals surface area contributed by atoms with Crippen molar-refractivity contribution >= 4 is 17.0 Å². The number of carbonyl (C=O) groups is 1. The number of aliphatic carboxylic acids is 1. The maximum Gasteiger partial charge on any atom is 0.417 e. The van der Waals surface area contributed by atoms with Gasteiger partial charge in [-0.15, -0.1) is 0 Å². The summed E-state index contributed by atoms with van der Waals surface area (Å²) in [6.45, 7) is 1.46. The molecule has 1 saturated carbocycles. The number of hydrogen-bond acceptors (Lipinski definition) is 3. The number of nitrogens with zero attached hydrogens (tertiary/aromatic N) is 3. The molecule has 1 aliphatic carbocycles. The van der Waals surface area contributed by atoms with Gasteiger partial charge in [0.1, 0.15) is 6.54 Å². The van der Waals surface area contributed by atoms with Gasteiger partial charge in [0.15, 0.2) is 5.65 Å². The zero-order valence-electron chi connectivity index (χ0n) is 15.1. The van der Waals surface area contributed by atoms with Crippen LogP contribution in [0, 0.1) is 0 Å². The van der Waals surface area contributed by atoms with Gasteiger partial charge in [-0.25, -0.2) is 9.67 Å². The van der Waals surface area contributed by atoms with Crippen LogP contribution in [0.2, 0.25) is 0 Å². The molecule has 1 aromatic carbocycles. The molecule has 0 bridgehead atoms. The van der Waals surface area contributed by atoms with Crippen LogP contribution in [0.4, 0.5) is 13.2 Å². The Kier molecular flexibility index (Phi) is 4.36. The predicted molar refractivity (Wildman–Crippen MR) is 97.0 cm³/mol. The topological polar surface area (TPSA) is 68.0 Å². The number of aromatic nitrogens is 3. The zero-order valence-corrected chi connectivity index (χ0v) is 15.1. The van der Waals surface area contributed by atoms with E-state index in [1.165, 1.54) is 0 Å². The SMILES string of the molecule is CCc1ccc(-c2cc(C(F)(F)F)c3c(C4CC4)nn(CC(=O)O)c3n2)cc1. The average molecular weight is 389 g/mol. The van der Waals surface area contributed by atoms with Gasteiger partial charge < -0.3 is 5.11 Å². The van der Waals surface area contributed by atoms with Gasteiger partial charge in [0.05, 0.1) is 22.3 Å². The molecule has 0 atom stereocenters. The second-order valence-corrected chi connectivity index (χ2v) is 7.01. The van der Waals surface area contributed by atoms with Crippen LogP contribution >= 0.6 is 0 Å². The van der Waals surface area contributed by atoms with E-state index in [-0.39, 0.29) is 22.6 Å². The summed E-state index contributed by atoms with van der Waals surface area (Å²) in [4.78, 5) is 15.6. The Morgan fingerprint density at radius 2 is 1.93 bits per heavy atom. The fraction of sp³-hybridized carbons (Fsp3) is 0.350. The van der Waals surface area contributed by atoms with Crippen molar-refractivity contribution in [3.8, 4) is 11.3 Å². The van der Waals surface area contributed by atoms with Crippen molar-refractivity contribution in [2.75, 3.05) is 0 Å². The first-order valence-electron chi connectivity index (χ1n) is 9.07. The van der Waals surface area contributed by atoms with Gasteiger partial charge in [-0.1, -0.05) is 31.2 Å². The maximum atomic E-state index is 13.9. The van der Waals surface area contributed by atoms with E-state index >= 15 is 0 Å². The lowest BCUT2D eigenvalue weighted by atomic mass is 10.0. The van der Waals surface area contributed by atoms with E-state index in [2.05, 4.69) is 10.1 Å². The maximum absolute atomic E-state index is 13.9. The van der Waals surface area contributed by atoms with Gasteiger partial charge in [0, 0.05) is 11.5 Å². The highest BCUT2D eigenvalue weighted by Gasteiger charge is 2.39. The van der Waals surface area contributed by atoms with Crippen molar-refractivity contribution in [2.45, 2.75) is 44.8 Å². The Bertz CT molecular complexity index is 1050. The molecule has 8 heteroatoms. The Morgan fingerprint density at radius 3 is 2.46 bits per heavy atom. The Labute approximate surface area is 158 Å². The molecule has 2 heterocycles. The molecule has 1 N–H and O–H groups in total. The lowest BCUT2D eigenvalue weighted by Crippen LogP contribution is -2.12. The van der Waals surface area contributed by atoms with Gasteiger partial charge in [-0.3, -0.25) is 4.79 Å². The molecule has 28 heavy (non-hydrogen) atoms. The zero-order chi connectivity index (χ0) is 20.1. The van der Waals surface area contributed by atoms with E-state index in [9.17, 15) is 18.0 Å². The largest absolute Gasteiger partial charge is 0.480 e. The van der Waals surface area contributed by atoms with E-state index in [1.54, 1.807) is 12.1 Å². The highest BCUT2D eigenvalue weighted by atomic mass is 19.4. The fourth-order valence-electron chi connectivity index (χ4n) is 3.36. The van der Waals surface area contributed by atoms with Gasteiger partial charge >= 0.3 is 12.1 Å². The molecular formula is C20H18F3N3O2. The quantitative estimate of drug-likeness (QED) is 0.690. The van der Waals surface area contributed by atoms with Crippen LogP contribution in [0.3, 0.4) is 0 Å². The minimum atomic E-state index is -4.60. The van der Waals surface area contributed by atoms with Gasteiger partial charge in [0.25, 0.3) is 0 Å². The first-order chi connectivity index (χ1) is 13.3. The number of hydrogen-bond donors (Lipinski definition) is 1. The molecule has 3 aromatic rings. The Morgan fingerprint density at radius 1 is 1.25 bits per heavy atom. The highest BCUT2D eigenvalue weighted by Crippen LogP contribution is 2.46. The van der Waals surface area contributed by atoms with Crippen LogP contribution in [0.5, 0.6) is 0 Å². The van der Waals surface area contributed by atoms with Crippen molar-refractivity contribution in [1.29, 1.82) is 0 Å². The standard InChI is InChI=1S/C20H18F3N3O2/c1-2-11-3-5-12(6-4-11)15-9-14(20(21,22)23)17-18(13-7-8-13)25-26(10-16(27)28)19(17)24-15/h3-6,9,13H,2,7-8,10H2,1H3,(H,27,28). The first kappa shape index (κ1) is 18.5. The monoisotopic (exact) mass is 389 g/mol. The molecule has 0 aliphatic heterocycles. The number of pyridine rings is 1. The molecule has 1 fully saturated rings. The summed E-state index contributed by atoms with van der Waals surface area (Å²) in [7, 11) is 0. The average Bonchev–Trinajstić information content (AvgIpc) is 3.43. The van der Waals surface area contributed by atoms with Crippen molar-refractivity contribution < 1.29 is 23.1 Å². The fourth-order valence-corrected chi connectivity index (χ4v) is 3.36. The summed E-state index contributed by atoms with van der Waals surface area (Å²) < 4.78 is 42.7. The number of fused-ring (bicyclic) bond motifs is 1. The number of aryl methyl sites for hydroxylation is 1. The third kappa shape index (κ3) is 3.34. The van der Waals surface area contributed by atoms with Gasteiger partial charge in [0.2, 0.25) is 0 Å². The normalized spacial score (nSPS) is 14.6. The third-order valence-corrected chi connectivity index (χ3v) is 4.94. The van der Waals surface area contributed by atoms with Crippen molar-refractivity contribution in [2.24, 2.45) is 0 Å². The Balaban J connectivity index is 1.98. The number of rotatable bonds is 5. The molecule has 0 spiro atoms. The number of halogens is 3. The van der Waals surface area contributed by atoms with Crippen molar-refractivity contribution in [3.05, 3.63) is 47.2 Å².